The van der Waals surface area contributed by atoms with E-state index in [1.54, 1.807) is 12.1 Å². The molecule has 0 bridgehead atoms. The van der Waals surface area contributed by atoms with Gasteiger partial charge in [0.15, 0.2) is 5.78 Å². The molecule has 5 heteroatoms. The van der Waals surface area contributed by atoms with Crippen molar-refractivity contribution in [2.45, 2.75) is 6.54 Å². The Bertz CT molecular complexity index is 930. The lowest BCUT2D eigenvalue weighted by atomic mass is 10.2. The normalized spacial score (nSPS) is 15.0. The molecule has 0 unspecified atom stereocenters. The molecule has 1 fully saturated rings. The first kappa shape index (κ1) is 18.4. The Morgan fingerprint density at radius 3 is 2.32 bits per heavy atom. The molecule has 4 rings (SSSR count). The highest BCUT2D eigenvalue weighted by molar-refractivity contribution is 5.96. The van der Waals surface area contributed by atoms with E-state index < -0.39 is 0 Å². The summed E-state index contributed by atoms with van der Waals surface area (Å²) in [6.45, 7) is 4.29. The Hall–Kier alpha value is -2.92. The number of carbonyl (C=O) groups excluding carboxylic acids is 1. The van der Waals surface area contributed by atoms with Crippen molar-refractivity contribution in [3.05, 3.63) is 90.0 Å². The molecule has 2 heterocycles. The lowest BCUT2D eigenvalue weighted by Crippen LogP contribution is -2.48. The lowest BCUT2D eigenvalue weighted by Gasteiger charge is -2.35. The molecule has 0 radical (unpaired) electrons. The molecule has 0 spiro atoms. The fourth-order valence-corrected chi connectivity index (χ4v) is 3.70. The number of aromatic nitrogens is 1. The summed E-state index contributed by atoms with van der Waals surface area (Å²) in [6, 6.07) is 20.7. The maximum atomic E-state index is 14.0. The smallest absolute Gasteiger partial charge is 0.193 e. The highest BCUT2D eigenvalue weighted by atomic mass is 19.1. The van der Waals surface area contributed by atoms with Crippen molar-refractivity contribution in [2.24, 2.45) is 0 Å². The zero-order valence-electron chi connectivity index (χ0n) is 15.8. The third-order valence-corrected chi connectivity index (χ3v) is 5.27. The third-order valence-electron chi connectivity index (χ3n) is 5.27. The number of halogens is 1. The predicted molar refractivity (Wildman–Crippen MR) is 109 cm³/mol. The molecule has 4 nitrogen and oxygen atoms in total. The molecular formula is C23H24FN3O. The first-order valence-electron chi connectivity index (χ1n) is 9.65. The van der Waals surface area contributed by atoms with Crippen molar-refractivity contribution < 1.29 is 9.18 Å². The van der Waals surface area contributed by atoms with Gasteiger partial charge in [-0.05, 0) is 30.3 Å². The molecule has 1 aromatic heterocycles. The molecule has 0 saturated carbocycles. The molecule has 0 amide bonds. The number of benzene rings is 2. The van der Waals surface area contributed by atoms with Gasteiger partial charge < -0.3 is 9.47 Å². The molecule has 1 aliphatic heterocycles. The van der Waals surface area contributed by atoms with Crippen LogP contribution in [0, 0.1) is 5.82 Å². The van der Waals surface area contributed by atoms with Gasteiger partial charge >= 0.3 is 0 Å². The Morgan fingerprint density at radius 2 is 1.57 bits per heavy atom. The number of para-hydroxylation sites is 1. The van der Waals surface area contributed by atoms with Crippen molar-refractivity contribution >= 4 is 11.5 Å². The summed E-state index contributed by atoms with van der Waals surface area (Å²) in [6.07, 6.45) is 1.84. The molecule has 0 atom stereocenters. The molecule has 1 aliphatic rings. The number of rotatable bonds is 6. The maximum Gasteiger partial charge on any atom is 0.193 e. The van der Waals surface area contributed by atoms with Crippen LogP contribution in [0.2, 0.25) is 0 Å². The largest absolute Gasteiger partial charge is 0.369 e. The van der Waals surface area contributed by atoms with Gasteiger partial charge in [0.2, 0.25) is 0 Å². The monoisotopic (exact) mass is 377 g/mol. The van der Waals surface area contributed by atoms with Crippen LogP contribution < -0.4 is 4.90 Å². The van der Waals surface area contributed by atoms with Crippen LogP contribution in [0.5, 0.6) is 0 Å². The fraction of sp³-hybridized carbons (Fsp3) is 0.261. The summed E-state index contributed by atoms with van der Waals surface area (Å²) in [7, 11) is 0. The summed E-state index contributed by atoms with van der Waals surface area (Å²) in [5.74, 6) is -0.166. The number of hydrogen-bond donors (Lipinski definition) is 0. The van der Waals surface area contributed by atoms with Crippen LogP contribution in [-0.2, 0) is 6.54 Å². The molecule has 0 aliphatic carbocycles. The van der Waals surface area contributed by atoms with Crippen LogP contribution in [0.4, 0.5) is 10.1 Å². The van der Waals surface area contributed by atoms with Crippen molar-refractivity contribution in [1.82, 2.24) is 9.47 Å². The van der Waals surface area contributed by atoms with Crippen molar-refractivity contribution in [1.29, 1.82) is 0 Å². The molecule has 144 valence electrons. The van der Waals surface area contributed by atoms with Gasteiger partial charge in [0.1, 0.15) is 5.82 Å². The van der Waals surface area contributed by atoms with Gasteiger partial charge in [-0.2, -0.15) is 0 Å². The van der Waals surface area contributed by atoms with Gasteiger partial charge in [0, 0.05) is 43.6 Å². The van der Waals surface area contributed by atoms with Crippen molar-refractivity contribution in [3.8, 4) is 0 Å². The van der Waals surface area contributed by atoms with E-state index in [-0.39, 0.29) is 11.6 Å². The minimum Gasteiger partial charge on any atom is -0.369 e. The highest BCUT2D eigenvalue weighted by Gasteiger charge is 2.21. The van der Waals surface area contributed by atoms with Crippen LogP contribution in [0.3, 0.4) is 0 Å². The van der Waals surface area contributed by atoms with Gasteiger partial charge in [0.05, 0.1) is 18.8 Å². The van der Waals surface area contributed by atoms with Crippen molar-refractivity contribution in [2.75, 3.05) is 37.6 Å². The Labute approximate surface area is 164 Å². The average Bonchev–Trinajstić information content (AvgIpc) is 3.19. The van der Waals surface area contributed by atoms with Gasteiger partial charge in [-0.25, -0.2) is 4.39 Å². The second kappa shape index (κ2) is 8.40. The number of ketones is 1. The molecule has 28 heavy (non-hydrogen) atoms. The fourth-order valence-electron chi connectivity index (χ4n) is 3.70. The minimum atomic E-state index is -0.244. The number of anilines is 1. The van der Waals surface area contributed by atoms with Gasteiger partial charge in [-0.3, -0.25) is 9.69 Å². The van der Waals surface area contributed by atoms with E-state index in [4.69, 9.17) is 0 Å². The highest BCUT2D eigenvalue weighted by Crippen LogP contribution is 2.16. The first-order valence-corrected chi connectivity index (χ1v) is 9.65. The van der Waals surface area contributed by atoms with Gasteiger partial charge in [-0.1, -0.05) is 36.4 Å². The Balaban J connectivity index is 1.36. The second-order valence-electron chi connectivity index (χ2n) is 7.13. The molecule has 2 aromatic carbocycles. The summed E-state index contributed by atoms with van der Waals surface area (Å²) >= 11 is 0. The van der Waals surface area contributed by atoms with E-state index in [1.165, 1.54) is 11.8 Å². The Kier molecular flexibility index (Phi) is 5.53. The topological polar surface area (TPSA) is 28.5 Å². The predicted octanol–water partition coefficient (Wildman–Crippen LogP) is 3.68. The van der Waals surface area contributed by atoms with E-state index in [9.17, 15) is 9.18 Å². The summed E-state index contributed by atoms with van der Waals surface area (Å²) < 4.78 is 15.8. The molecule has 3 aromatic rings. The summed E-state index contributed by atoms with van der Waals surface area (Å²) in [5, 5.41) is 0. The van der Waals surface area contributed by atoms with E-state index in [0.29, 0.717) is 24.3 Å². The lowest BCUT2D eigenvalue weighted by molar-refractivity contribution is 0.0917. The zero-order chi connectivity index (χ0) is 19.3. The number of nitrogens with zero attached hydrogens (tertiary/aromatic N) is 3. The van der Waals surface area contributed by atoms with E-state index in [2.05, 4.69) is 34.1 Å². The van der Waals surface area contributed by atoms with Crippen LogP contribution in [-0.4, -0.2) is 48.0 Å². The second-order valence-corrected chi connectivity index (χ2v) is 7.13. The molecule has 1 saturated heterocycles. The Morgan fingerprint density at radius 1 is 0.857 bits per heavy atom. The number of Topliss-reactive ketones (excluding diaryl/α,β-unsaturated/α-hetero) is 1. The van der Waals surface area contributed by atoms with Gasteiger partial charge in [0.25, 0.3) is 0 Å². The SMILES string of the molecule is O=C(CN1CCN(c2ccccc2)CC1)c1cccn1Cc1ccccc1F. The quantitative estimate of drug-likeness (QED) is 0.614. The van der Waals surface area contributed by atoms with Crippen LogP contribution in [0.1, 0.15) is 16.1 Å². The van der Waals surface area contributed by atoms with Crippen LogP contribution >= 0.6 is 0 Å². The van der Waals surface area contributed by atoms with Crippen LogP contribution in [0.15, 0.2) is 72.9 Å². The maximum absolute atomic E-state index is 14.0. The average molecular weight is 377 g/mol. The first-order chi connectivity index (χ1) is 13.7. The minimum absolute atomic E-state index is 0.0782. The van der Waals surface area contributed by atoms with Crippen LogP contribution in [0.25, 0.3) is 0 Å². The van der Waals surface area contributed by atoms with E-state index >= 15 is 0 Å². The zero-order valence-corrected chi connectivity index (χ0v) is 15.8. The summed E-state index contributed by atoms with van der Waals surface area (Å²) in [5.41, 5.74) is 2.45. The third kappa shape index (κ3) is 4.15. The number of hydrogen-bond acceptors (Lipinski definition) is 3. The van der Waals surface area contributed by atoms with Gasteiger partial charge in [-0.15, -0.1) is 0 Å². The van der Waals surface area contributed by atoms with E-state index in [1.807, 2.05) is 35.0 Å². The number of piperazine rings is 1. The summed E-state index contributed by atoms with van der Waals surface area (Å²) in [4.78, 5) is 17.4. The molecule has 0 N–H and O–H groups in total. The van der Waals surface area contributed by atoms with Crippen molar-refractivity contribution in [3.63, 3.8) is 0 Å². The molecular weight excluding hydrogens is 353 g/mol. The number of carbonyl (C=O) groups is 1. The standard InChI is InChI=1S/C23H24FN3O/c24-21-10-5-4-7-19(21)17-27-12-6-11-22(27)23(28)18-25-13-15-26(16-14-25)20-8-2-1-3-9-20/h1-12H,13-18H2. The van der Waals surface area contributed by atoms with E-state index in [0.717, 1.165) is 26.2 Å².